The van der Waals surface area contributed by atoms with Gasteiger partial charge in [-0.05, 0) is 5.56 Å². The molecular weight excluding hydrogens is 338 g/mol. The number of carbonyl (C=O) groups is 1. The van der Waals surface area contributed by atoms with Crippen LogP contribution in [0.4, 0.5) is 0 Å². The summed E-state index contributed by atoms with van der Waals surface area (Å²) in [5.41, 5.74) is 1.82. The van der Waals surface area contributed by atoms with Gasteiger partial charge in [0.2, 0.25) is 5.78 Å². The fourth-order valence-corrected chi connectivity index (χ4v) is 2.06. The van der Waals surface area contributed by atoms with Crippen LogP contribution in [0.15, 0.2) is 35.5 Å². The molecule has 0 N–H and O–H groups in total. The fraction of sp³-hybridized carbons (Fsp3) is 0.273. The van der Waals surface area contributed by atoms with Crippen LogP contribution in [0.3, 0.4) is 0 Å². The molecule has 2 rings (SSSR count). The van der Waals surface area contributed by atoms with Gasteiger partial charge < -0.3 is 4.84 Å². The summed E-state index contributed by atoms with van der Waals surface area (Å²) in [4.78, 5) is 16.8. The number of alkyl halides is 2. The Bertz CT molecular complexity index is 417. The molecule has 1 atom stereocenters. The molecule has 0 saturated carbocycles. The van der Waals surface area contributed by atoms with Gasteiger partial charge in [0.05, 0.1) is 5.71 Å². The summed E-state index contributed by atoms with van der Waals surface area (Å²) >= 11 is 6.32. The van der Waals surface area contributed by atoms with Crippen LogP contribution in [0.2, 0.25) is 0 Å². The van der Waals surface area contributed by atoms with Gasteiger partial charge in [0.25, 0.3) is 0 Å². The average Bonchev–Trinajstić information content (AvgIpc) is 2.78. The summed E-state index contributed by atoms with van der Waals surface area (Å²) in [5.74, 6) is -0.0466. The van der Waals surface area contributed by atoms with Gasteiger partial charge in [-0.25, -0.2) is 0 Å². The SMILES string of the molecule is O=C(C(Br)Br)C1CC(c2ccccc2)=NO1. The number of hydrogen-bond acceptors (Lipinski definition) is 3. The summed E-state index contributed by atoms with van der Waals surface area (Å²) < 4.78 is -0.379. The Morgan fingerprint density at radius 2 is 2.06 bits per heavy atom. The molecule has 1 aromatic carbocycles. The van der Waals surface area contributed by atoms with Gasteiger partial charge in [0, 0.05) is 6.42 Å². The second-order valence-electron chi connectivity index (χ2n) is 3.41. The van der Waals surface area contributed by atoms with Crippen LogP contribution < -0.4 is 0 Å². The van der Waals surface area contributed by atoms with Crippen molar-refractivity contribution in [1.29, 1.82) is 0 Å². The molecule has 0 spiro atoms. The Balaban J connectivity index is 2.06. The number of benzene rings is 1. The van der Waals surface area contributed by atoms with E-state index in [-0.39, 0.29) is 9.52 Å². The van der Waals surface area contributed by atoms with E-state index in [1.165, 1.54) is 0 Å². The van der Waals surface area contributed by atoms with Crippen LogP contribution in [0.1, 0.15) is 12.0 Å². The number of Topliss-reactive ketones (excluding diaryl/α,β-unsaturated/α-hetero) is 1. The molecule has 0 amide bonds. The minimum absolute atomic E-state index is 0.0466. The van der Waals surface area contributed by atoms with E-state index in [0.29, 0.717) is 6.42 Å². The van der Waals surface area contributed by atoms with Gasteiger partial charge in [0.1, 0.15) is 3.74 Å². The standard InChI is InChI=1S/C11H9Br2NO2/c12-11(13)10(15)9-6-8(14-16-9)7-4-2-1-3-5-7/h1-5,9,11H,6H2. The molecular formula is C11H9Br2NO2. The minimum atomic E-state index is -0.487. The molecule has 0 fully saturated rings. The van der Waals surface area contributed by atoms with Crippen molar-refractivity contribution in [2.24, 2.45) is 5.16 Å². The van der Waals surface area contributed by atoms with E-state index in [1.807, 2.05) is 30.3 Å². The highest BCUT2D eigenvalue weighted by Crippen LogP contribution is 2.22. The van der Waals surface area contributed by atoms with Crippen molar-refractivity contribution in [3.8, 4) is 0 Å². The summed E-state index contributed by atoms with van der Waals surface area (Å²) in [6.45, 7) is 0. The molecule has 0 radical (unpaired) electrons. The topological polar surface area (TPSA) is 38.7 Å². The monoisotopic (exact) mass is 345 g/mol. The molecule has 0 saturated heterocycles. The predicted octanol–water partition coefficient (Wildman–Crippen LogP) is 2.86. The van der Waals surface area contributed by atoms with Crippen LogP contribution in [0.5, 0.6) is 0 Å². The lowest BCUT2D eigenvalue weighted by atomic mass is 10.0. The zero-order valence-corrected chi connectivity index (χ0v) is 11.4. The number of hydrogen-bond donors (Lipinski definition) is 0. The summed E-state index contributed by atoms with van der Waals surface area (Å²) in [6.07, 6.45) is 0.0373. The zero-order valence-electron chi connectivity index (χ0n) is 8.27. The second-order valence-corrected chi connectivity index (χ2v) is 6.47. The van der Waals surface area contributed by atoms with Crippen molar-refractivity contribution in [3.63, 3.8) is 0 Å². The molecule has 1 aliphatic rings. The Morgan fingerprint density at radius 1 is 1.38 bits per heavy atom. The third-order valence-electron chi connectivity index (χ3n) is 2.31. The highest BCUT2D eigenvalue weighted by molar-refractivity contribution is 9.25. The van der Waals surface area contributed by atoms with Crippen LogP contribution in [0.25, 0.3) is 0 Å². The van der Waals surface area contributed by atoms with E-state index in [4.69, 9.17) is 4.84 Å². The van der Waals surface area contributed by atoms with E-state index in [1.54, 1.807) is 0 Å². The molecule has 1 aliphatic heterocycles. The van der Waals surface area contributed by atoms with E-state index >= 15 is 0 Å². The lowest BCUT2D eigenvalue weighted by Crippen LogP contribution is -2.25. The molecule has 1 unspecified atom stereocenters. The lowest BCUT2D eigenvalue weighted by molar-refractivity contribution is -0.126. The molecule has 84 valence electrons. The van der Waals surface area contributed by atoms with Crippen LogP contribution >= 0.6 is 31.9 Å². The summed E-state index contributed by atoms with van der Waals surface area (Å²) in [5, 5.41) is 3.94. The van der Waals surface area contributed by atoms with E-state index < -0.39 is 6.10 Å². The van der Waals surface area contributed by atoms with Crippen LogP contribution in [-0.2, 0) is 9.63 Å². The van der Waals surface area contributed by atoms with E-state index in [0.717, 1.165) is 11.3 Å². The largest absolute Gasteiger partial charge is 0.384 e. The van der Waals surface area contributed by atoms with Crippen LogP contribution in [-0.4, -0.2) is 21.3 Å². The first kappa shape index (κ1) is 11.8. The molecule has 1 heterocycles. The summed E-state index contributed by atoms with van der Waals surface area (Å²) in [7, 11) is 0. The molecule has 1 aromatic rings. The van der Waals surface area contributed by atoms with Crippen molar-refractivity contribution >= 4 is 43.4 Å². The third kappa shape index (κ3) is 2.52. The lowest BCUT2D eigenvalue weighted by Gasteiger charge is -2.06. The fourth-order valence-electron chi connectivity index (χ4n) is 1.47. The number of rotatable bonds is 3. The first-order valence-corrected chi connectivity index (χ1v) is 6.61. The van der Waals surface area contributed by atoms with Gasteiger partial charge in [-0.1, -0.05) is 67.3 Å². The molecule has 0 aliphatic carbocycles. The van der Waals surface area contributed by atoms with Crippen molar-refractivity contribution in [2.45, 2.75) is 16.3 Å². The molecule has 3 nitrogen and oxygen atoms in total. The zero-order chi connectivity index (χ0) is 11.5. The molecule has 0 bridgehead atoms. The van der Waals surface area contributed by atoms with Gasteiger partial charge in [-0.3, -0.25) is 4.79 Å². The van der Waals surface area contributed by atoms with Crippen molar-refractivity contribution in [1.82, 2.24) is 0 Å². The maximum atomic E-state index is 11.6. The van der Waals surface area contributed by atoms with Gasteiger partial charge in [0.15, 0.2) is 6.10 Å². The van der Waals surface area contributed by atoms with E-state index in [2.05, 4.69) is 37.0 Å². The van der Waals surface area contributed by atoms with Crippen molar-refractivity contribution in [3.05, 3.63) is 35.9 Å². The first-order valence-electron chi connectivity index (χ1n) is 4.78. The Hall–Kier alpha value is -0.680. The number of carbonyl (C=O) groups excluding carboxylic acids is 1. The molecule has 16 heavy (non-hydrogen) atoms. The van der Waals surface area contributed by atoms with E-state index in [9.17, 15) is 4.79 Å². The van der Waals surface area contributed by atoms with Crippen molar-refractivity contribution in [2.75, 3.05) is 0 Å². The van der Waals surface area contributed by atoms with Gasteiger partial charge >= 0.3 is 0 Å². The number of halogens is 2. The van der Waals surface area contributed by atoms with Crippen molar-refractivity contribution < 1.29 is 9.63 Å². The number of ketones is 1. The highest BCUT2D eigenvalue weighted by Gasteiger charge is 2.31. The maximum Gasteiger partial charge on any atom is 0.200 e. The van der Waals surface area contributed by atoms with Crippen LogP contribution in [0, 0.1) is 0 Å². The Labute approximate surface area is 110 Å². The summed E-state index contributed by atoms with van der Waals surface area (Å²) in [6, 6.07) is 9.72. The van der Waals surface area contributed by atoms with Gasteiger partial charge in [-0.2, -0.15) is 0 Å². The second kappa shape index (κ2) is 5.10. The Kier molecular flexibility index (Phi) is 3.76. The number of oxime groups is 1. The number of nitrogens with zero attached hydrogens (tertiary/aromatic N) is 1. The minimum Gasteiger partial charge on any atom is -0.384 e. The third-order valence-corrected chi connectivity index (χ3v) is 3.21. The molecule has 5 heteroatoms. The molecule has 0 aromatic heterocycles. The quantitative estimate of drug-likeness (QED) is 0.789. The highest BCUT2D eigenvalue weighted by atomic mass is 79.9. The predicted molar refractivity (Wildman–Crippen MR) is 69.1 cm³/mol. The normalized spacial score (nSPS) is 19.4. The average molecular weight is 347 g/mol. The van der Waals surface area contributed by atoms with Gasteiger partial charge in [-0.15, -0.1) is 0 Å². The smallest absolute Gasteiger partial charge is 0.200 e. The Morgan fingerprint density at radius 3 is 2.69 bits per heavy atom. The maximum absolute atomic E-state index is 11.6. The first-order chi connectivity index (χ1) is 7.68.